The highest BCUT2D eigenvalue weighted by atomic mass is 19.1. The first-order valence-electron chi connectivity index (χ1n) is 10.7. The Morgan fingerprint density at radius 3 is 2.36 bits per heavy atom. The van der Waals surface area contributed by atoms with Crippen molar-refractivity contribution in [3.8, 4) is 0 Å². The minimum atomic E-state index is -0.185. The van der Waals surface area contributed by atoms with Gasteiger partial charge in [-0.3, -0.25) is 9.89 Å². The lowest BCUT2D eigenvalue weighted by Crippen LogP contribution is -2.62. The van der Waals surface area contributed by atoms with E-state index in [4.69, 9.17) is 0 Å². The van der Waals surface area contributed by atoms with Crippen molar-refractivity contribution in [2.24, 2.45) is 4.99 Å². The van der Waals surface area contributed by atoms with E-state index in [1.165, 1.54) is 57.3 Å². The Morgan fingerprint density at radius 2 is 1.71 bits per heavy atom. The number of halogens is 1. The molecular formula is C22H36FN5. The van der Waals surface area contributed by atoms with Gasteiger partial charge >= 0.3 is 0 Å². The molecule has 0 unspecified atom stereocenters. The highest BCUT2D eigenvalue weighted by molar-refractivity contribution is 5.79. The summed E-state index contributed by atoms with van der Waals surface area (Å²) in [4.78, 5) is 9.60. The van der Waals surface area contributed by atoms with Crippen molar-refractivity contribution in [2.45, 2.75) is 44.1 Å². The summed E-state index contributed by atoms with van der Waals surface area (Å²) in [5.74, 6) is 0.674. The molecule has 0 bridgehead atoms. The largest absolute Gasteiger partial charge is 0.356 e. The van der Waals surface area contributed by atoms with E-state index in [-0.39, 0.29) is 11.4 Å². The van der Waals surface area contributed by atoms with Crippen LogP contribution in [0.5, 0.6) is 0 Å². The Balaban J connectivity index is 1.52. The van der Waals surface area contributed by atoms with Crippen LogP contribution < -0.4 is 10.6 Å². The molecule has 0 amide bonds. The van der Waals surface area contributed by atoms with Crippen LogP contribution in [-0.2, 0) is 6.42 Å². The molecule has 2 fully saturated rings. The smallest absolute Gasteiger partial charge is 0.191 e. The number of nitrogens with zero attached hydrogens (tertiary/aromatic N) is 3. The molecule has 0 aromatic heterocycles. The fourth-order valence-electron chi connectivity index (χ4n) is 4.45. The van der Waals surface area contributed by atoms with Crippen LogP contribution in [0.2, 0.25) is 0 Å². The predicted molar refractivity (Wildman–Crippen MR) is 114 cm³/mol. The van der Waals surface area contributed by atoms with Crippen LogP contribution in [0.15, 0.2) is 29.3 Å². The second-order valence-electron chi connectivity index (χ2n) is 8.30. The van der Waals surface area contributed by atoms with E-state index < -0.39 is 0 Å². The van der Waals surface area contributed by atoms with Crippen molar-refractivity contribution in [1.29, 1.82) is 0 Å². The lowest BCUT2D eigenvalue weighted by Gasteiger charge is -2.50. The van der Waals surface area contributed by atoms with Gasteiger partial charge in [-0.15, -0.1) is 0 Å². The van der Waals surface area contributed by atoms with E-state index >= 15 is 0 Å². The summed E-state index contributed by atoms with van der Waals surface area (Å²) in [6.07, 6.45) is 7.28. The summed E-state index contributed by atoms with van der Waals surface area (Å²) in [7, 11) is 4.05. The van der Waals surface area contributed by atoms with Crippen LogP contribution >= 0.6 is 0 Å². The molecular weight excluding hydrogens is 353 g/mol. The molecule has 1 aromatic rings. The van der Waals surface area contributed by atoms with Gasteiger partial charge in [-0.25, -0.2) is 4.39 Å². The third kappa shape index (κ3) is 5.67. The Labute approximate surface area is 169 Å². The fourth-order valence-corrected chi connectivity index (χ4v) is 4.45. The van der Waals surface area contributed by atoms with Gasteiger partial charge in [0.25, 0.3) is 0 Å². The summed E-state index contributed by atoms with van der Waals surface area (Å²) in [5, 5.41) is 7.02. The van der Waals surface area contributed by atoms with Crippen LogP contribution in [0, 0.1) is 5.82 Å². The van der Waals surface area contributed by atoms with Gasteiger partial charge in [0, 0.05) is 25.7 Å². The van der Waals surface area contributed by atoms with Crippen molar-refractivity contribution in [2.75, 3.05) is 53.4 Å². The van der Waals surface area contributed by atoms with Crippen molar-refractivity contribution in [3.05, 3.63) is 35.6 Å². The van der Waals surface area contributed by atoms with Crippen LogP contribution in [-0.4, -0.2) is 74.7 Å². The number of piperidine rings is 2. The van der Waals surface area contributed by atoms with Gasteiger partial charge in [0.2, 0.25) is 0 Å². The van der Waals surface area contributed by atoms with Gasteiger partial charge in [-0.1, -0.05) is 18.6 Å². The number of benzene rings is 1. The Morgan fingerprint density at radius 1 is 1.04 bits per heavy atom. The third-order valence-corrected chi connectivity index (χ3v) is 6.37. The first kappa shape index (κ1) is 21.1. The molecule has 28 heavy (non-hydrogen) atoms. The molecule has 0 spiro atoms. The van der Waals surface area contributed by atoms with Crippen LogP contribution in [0.25, 0.3) is 0 Å². The van der Waals surface area contributed by atoms with E-state index in [9.17, 15) is 4.39 Å². The van der Waals surface area contributed by atoms with E-state index in [1.807, 2.05) is 19.2 Å². The summed E-state index contributed by atoms with van der Waals surface area (Å²) in [6.45, 7) is 6.50. The van der Waals surface area contributed by atoms with Gasteiger partial charge in [-0.05, 0) is 83.0 Å². The van der Waals surface area contributed by atoms with Gasteiger partial charge in [0.15, 0.2) is 5.96 Å². The normalized spacial score (nSPS) is 21.5. The molecule has 156 valence electrons. The van der Waals surface area contributed by atoms with E-state index in [0.717, 1.165) is 44.1 Å². The quantitative estimate of drug-likeness (QED) is 0.580. The lowest BCUT2D eigenvalue weighted by molar-refractivity contribution is 0.0173. The standard InChI is InChI=1S/C22H36FN5/c1-24-21(25-13-10-19-6-8-20(23)9-7-19)26-18-22(11-16-27(2)17-12-22)28-14-4-3-5-15-28/h6-9H,3-5,10-18H2,1-2H3,(H2,24,25,26). The fraction of sp³-hybridized carbons (Fsp3) is 0.682. The average molecular weight is 390 g/mol. The average Bonchev–Trinajstić information content (AvgIpc) is 2.74. The highest BCUT2D eigenvalue weighted by Crippen LogP contribution is 2.30. The molecule has 2 saturated heterocycles. The van der Waals surface area contributed by atoms with Gasteiger partial charge < -0.3 is 15.5 Å². The third-order valence-electron chi connectivity index (χ3n) is 6.37. The summed E-state index contributed by atoms with van der Waals surface area (Å²) in [6, 6.07) is 6.73. The zero-order chi connectivity index (χ0) is 19.8. The number of guanidine groups is 1. The molecule has 2 aliphatic rings. The number of likely N-dealkylation sites (tertiary alicyclic amines) is 2. The molecule has 5 nitrogen and oxygen atoms in total. The lowest BCUT2D eigenvalue weighted by atomic mass is 9.84. The van der Waals surface area contributed by atoms with Gasteiger partial charge in [0.05, 0.1) is 0 Å². The molecule has 3 rings (SSSR count). The van der Waals surface area contributed by atoms with Crippen LogP contribution in [0.4, 0.5) is 4.39 Å². The summed E-state index contributed by atoms with van der Waals surface area (Å²) >= 11 is 0. The van der Waals surface area contributed by atoms with Crippen molar-refractivity contribution in [1.82, 2.24) is 20.4 Å². The molecule has 2 heterocycles. The van der Waals surface area contributed by atoms with E-state index in [0.29, 0.717) is 0 Å². The molecule has 6 heteroatoms. The van der Waals surface area contributed by atoms with Gasteiger partial charge in [-0.2, -0.15) is 0 Å². The minimum absolute atomic E-state index is 0.185. The monoisotopic (exact) mass is 389 g/mol. The number of aliphatic imine (C=N–C) groups is 1. The number of rotatable bonds is 6. The number of nitrogens with one attached hydrogen (secondary N) is 2. The minimum Gasteiger partial charge on any atom is -0.356 e. The van der Waals surface area contributed by atoms with Gasteiger partial charge in [0.1, 0.15) is 5.82 Å². The second-order valence-corrected chi connectivity index (χ2v) is 8.30. The maximum Gasteiger partial charge on any atom is 0.191 e. The molecule has 0 radical (unpaired) electrons. The SMILES string of the molecule is CN=C(NCCc1ccc(F)cc1)NCC1(N2CCCCC2)CCN(C)CC1. The van der Waals surface area contributed by atoms with Crippen LogP contribution in [0.1, 0.15) is 37.7 Å². The Hall–Kier alpha value is -1.66. The molecule has 0 atom stereocenters. The Bertz CT molecular complexity index is 616. The van der Waals surface area contributed by atoms with Crippen LogP contribution in [0.3, 0.4) is 0 Å². The molecule has 1 aromatic carbocycles. The van der Waals surface area contributed by atoms with Crippen molar-refractivity contribution < 1.29 is 4.39 Å². The predicted octanol–water partition coefficient (Wildman–Crippen LogP) is 2.48. The number of hydrogen-bond acceptors (Lipinski definition) is 3. The first-order chi connectivity index (χ1) is 13.6. The van der Waals surface area contributed by atoms with Crippen molar-refractivity contribution >= 4 is 5.96 Å². The Kier molecular flexibility index (Phi) is 7.68. The first-order valence-corrected chi connectivity index (χ1v) is 10.7. The zero-order valence-electron chi connectivity index (χ0n) is 17.5. The summed E-state index contributed by atoms with van der Waals surface area (Å²) in [5.41, 5.74) is 1.37. The van der Waals surface area contributed by atoms with E-state index in [1.54, 1.807) is 0 Å². The molecule has 0 saturated carbocycles. The maximum atomic E-state index is 13.0. The maximum absolute atomic E-state index is 13.0. The molecule has 2 aliphatic heterocycles. The zero-order valence-corrected chi connectivity index (χ0v) is 17.5. The molecule has 0 aliphatic carbocycles. The number of hydrogen-bond donors (Lipinski definition) is 2. The molecule has 2 N–H and O–H groups in total. The van der Waals surface area contributed by atoms with Crippen molar-refractivity contribution in [3.63, 3.8) is 0 Å². The highest BCUT2D eigenvalue weighted by Gasteiger charge is 2.39. The van der Waals surface area contributed by atoms with E-state index in [2.05, 4.69) is 32.5 Å². The second kappa shape index (κ2) is 10.2. The summed E-state index contributed by atoms with van der Waals surface area (Å²) < 4.78 is 13.0. The topological polar surface area (TPSA) is 42.9 Å².